The van der Waals surface area contributed by atoms with Gasteiger partial charge in [-0.05, 0) is 31.5 Å². The van der Waals surface area contributed by atoms with Crippen molar-refractivity contribution in [2.45, 2.75) is 49.8 Å². The number of anilines is 2. The first-order valence-corrected chi connectivity index (χ1v) is 11.2. The Hall–Kier alpha value is -2.71. The fraction of sp³-hybridized carbons (Fsp3) is 0.600. The van der Waals surface area contributed by atoms with Gasteiger partial charge in [-0.1, -0.05) is 0 Å². The maximum absolute atomic E-state index is 13.3. The minimum absolute atomic E-state index is 0.0691. The highest BCUT2D eigenvalue weighted by Crippen LogP contribution is 2.37. The van der Waals surface area contributed by atoms with E-state index in [0.29, 0.717) is 38.8 Å². The third-order valence-electron chi connectivity index (χ3n) is 6.42. The second-order valence-corrected chi connectivity index (χ2v) is 8.80. The summed E-state index contributed by atoms with van der Waals surface area (Å²) in [7, 11) is -1.37. The van der Waals surface area contributed by atoms with Crippen molar-refractivity contribution in [1.82, 2.24) is 19.9 Å². The molecule has 2 atom stereocenters. The predicted octanol–water partition coefficient (Wildman–Crippen LogP) is 1.09. The summed E-state index contributed by atoms with van der Waals surface area (Å²) in [4.78, 5) is 18.8. The highest BCUT2D eigenvalue weighted by Gasteiger charge is 2.38. The molecule has 10 nitrogen and oxygen atoms in total. The second-order valence-electron chi connectivity index (χ2n) is 8.80. The molecule has 2 aromatic rings. The first-order valence-electron chi connectivity index (χ1n) is 11.2. The average Bonchev–Trinajstić information content (AvgIpc) is 3.23. The summed E-state index contributed by atoms with van der Waals surface area (Å²) in [6.45, 7) is 1.70. The van der Waals surface area contributed by atoms with Crippen LogP contribution in [0.3, 0.4) is 0 Å². The van der Waals surface area contributed by atoms with E-state index in [-0.39, 0.29) is 31.0 Å². The highest BCUT2D eigenvalue weighted by atomic mass is 19.4. The van der Waals surface area contributed by atoms with Crippen molar-refractivity contribution < 1.29 is 32.7 Å². The van der Waals surface area contributed by atoms with Crippen LogP contribution in [-0.2, 0) is 23.8 Å². The lowest BCUT2D eigenvalue weighted by Crippen LogP contribution is -2.39. The minimum Gasteiger partial charge on any atom is -0.469 e. The Balaban J connectivity index is 1.28. The number of ether oxygens (including phenoxy) is 2. The molecule has 3 N–H and O–H groups in total. The van der Waals surface area contributed by atoms with Crippen LogP contribution in [0.5, 0.6) is 5.88 Å². The minimum atomic E-state index is -4.63. The van der Waals surface area contributed by atoms with Gasteiger partial charge in [-0.2, -0.15) is 18.2 Å². The molecule has 5 rings (SSSR count). The topological polar surface area (TPSA) is 126 Å². The van der Waals surface area contributed by atoms with Crippen LogP contribution in [0.1, 0.15) is 29.7 Å². The van der Waals surface area contributed by atoms with E-state index < -0.39 is 30.8 Å². The van der Waals surface area contributed by atoms with E-state index in [1.165, 1.54) is 6.33 Å². The molecular formula is C20H24BF3N6O4. The summed E-state index contributed by atoms with van der Waals surface area (Å²) in [5, 5.41) is 22.1. The molecule has 182 valence electrons. The zero-order chi connectivity index (χ0) is 23.9. The summed E-state index contributed by atoms with van der Waals surface area (Å²) in [6.07, 6.45) is -0.386. The van der Waals surface area contributed by atoms with Crippen molar-refractivity contribution >= 4 is 18.9 Å². The molecule has 34 heavy (non-hydrogen) atoms. The van der Waals surface area contributed by atoms with Crippen LogP contribution >= 0.6 is 0 Å². The quantitative estimate of drug-likeness (QED) is 0.518. The van der Waals surface area contributed by atoms with Crippen molar-refractivity contribution in [2.24, 2.45) is 0 Å². The standard InChI is InChI=1S/C20H24BF3N6O4/c22-20(23,24)15-6-25-19(29-18(15)34-13-8-33-9-13)28-12-3-4-30(7-12)17-14-2-1-11(21(31)32)5-16(14)26-10-27-17/h6,10-13,31-32H,1-5,7-9H2,(H,25,28,29)/t11?,12-/m1/s1. The van der Waals surface area contributed by atoms with Crippen molar-refractivity contribution in [3.8, 4) is 5.88 Å². The predicted molar refractivity (Wildman–Crippen MR) is 115 cm³/mol. The average molecular weight is 480 g/mol. The van der Waals surface area contributed by atoms with Crippen molar-refractivity contribution in [2.75, 3.05) is 36.5 Å². The van der Waals surface area contributed by atoms with E-state index in [1.54, 1.807) is 0 Å². The lowest BCUT2D eigenvalue weighted by atomic mass is 9.65. The molecule has 2 saturated heterocycles. The van der Waals surface area contributed by atoms with Gasteiger partial charge in [-0.3, -0.25) is 0 Å². The molecule has 2 fully saturated rings. The van der Waals surface area contributed by atoms with E-state index in [9.17, 15) is 23.2 Å². The summed E-state index contributed by atoms with van der Waals surface area (Å²) in [6, 6.07) is -0.0992. The highest BCUT2D eigenvalue weighted by molar-refractivity contribution is 6.43. The van der Waals surface area contributed by atoms with Crippen LogP contribution in [0.2, 0.25) is 5.82 Å². The van der Waals surface area contributed by atoms with E-state index in [1.807, 2.05) is 0 Å². The molecule has 3 aliphatic rings. The zero-order valence-electron chi connectivity index (χ0n) is 18.2. The van der Waals surface area contributed by atoms with Crippen LogP contribution in [-0.4, -0.2) is 75.6 Å². The third kappa shape index (κ3) is 4.75. The molecule has 1 unspecified atom stereocenters. The molecule has 14 heteroatoms. The number of fused-ring (bicyclic) bond motifs is 1. The van der Waals surface area contributed by atoms with E-state index in [4.69, 9.17) is 9.47 Å². The Morgan fingerprint density at radius 2 is 2.00 bits per heavy atom. The van der Waals surface area contributed by atoms with Gasteiger partial charge in [0.1, 0.15) is 23.8 Å². The SMILES string of the molecule is OB(O)C1CCc2c(ncnc2N2CC[C@@H](Nc3ncc(C(F)(F)F)c(OC4COC4)n3)C2)C1. The molecule has 2 aromatic heterocycles. The zero-order valence-corrected chi connectivity index (χ0v) is 18.2. The Morgan fingerprint density at radius 3 is 2.71 bits per heavy atom. The smallest absolute Gasteiger partial charge is 0.455 e. The van der Waals surface area contributed by atoms with Crippen molar-refractivity contribution in [3.63, 3.8) is 0 Å². The fourth-order valence-corrected chi connectivity index (χ4v) is 4.49. The lowest BCUT2D eigenvalue weighted by Gasteiger charge is -2.28. The molecule has 0 saturated carbocycles. The number of rotatable bonds is 6. The maximum atomic E-state index is 13.3. The second kappa shape index (κ2) is 9.15. The van der Waals surface area contributed by atoms with Gasteiger partial charge < -0.3 is 29.7 Å². The monoisotopic (exact) mass is 480 g/mol. The number of alkyl halides is 3. The van der Waals surface area contributed by atoms with E-state index >= 15 is 0 Å². The van der Waals surface area contributed by atoms with Crippen molar-refractivity contribution in [1.29, 1.82) is 0 Å². The largest absolute Gasteiger partial charge is 0.469 e. The fourth-order valence-electron chi connectivity index (χ4n) is 4.49. The molecule has 0 aromatic carbocycles. The number of halogens is 3. The number of hydrogen-bond acceptors (Lipinski definition) is 10. The van der Waals surface area contributed by atoms with Crippen molar-refractivity contribution in [3.05, 3.63) is 29.3 Å². The normalized spacial score (nSPS) is 22.8. The van der Waals surface area contributed by atoms with Gasteiger partial charge in [0, 0.05) is 36.6 Å². The summed E-state index contributed by atoms with van der Waals surface area (Å²) in [5.41, 5.74) is 0.805. The van der Waals surface area contributed by atoms with E-state index in [0.717, 1.165) is 23.3 Å². The molecule has 4 heterocycles. The Kier molecular flexibility index (Phi) is 6.21. The molecule has 1 aliphatic carbocycles. The summed E-state index contributed by atoms with van der Waals surface area (Å²) in [5.74, 6) is 0.128. The first-order chi connectivity index (χ1) is 16.3. The van der Waals surface area contributed by atoms with Gasteiger partial charge in [-0.25, -0.2) is 15.0 Å². The Morgan fingerprint density at radius 1 is 1.18 bits per heavy atom. The number of hydrogen-bond donors (Lipinski definition) is 3. The van der Waals surface area contributed by atoms with Gasteiger partial charge in [0.25, 0.3) is 0 Å². The third-order valence-corrected chi connectivity index (χ3v) is 6.42. The number of nitrogens with one attached hydrogen (secondary N) is 1. The van der Waals surface area contributed by atoms with Crippen LogP contribution in [0, 0.1) is 0 Å². The number of aromatic nitrogens is 4. The van der Waals surface area contributed by atoms with Gasteiger partial charge >= 0.3 is 13.3 Å². The molecule has 0 amide bonds. The van der Waals surface area contributed by atoms with Crippen LogP contribution in [0.25, 0.3) is 0 Å². The first kappa shape index (κ1) is 23.1. The maximum Gasteiger partial charge on any atom is 0.455 e. The van der Waals surface area contributed by atoms with E-state index in [2.05, 4.69) is 30.2 Å². The summed E-state index contributed by atoms with van der Waals surface area (Å²) >= 11 is 0. The molecule has 0 radical (unpaired) electrons. The Bertz CT molecular complexity index is 1040. The van der Waals surface area contributed by atoms with Gasteiger partial charge in [0.2, 0.25) is 11.8 Å². The molecule has 0 spiro atoms. The lowest BCUT2D eigenvalue weighted by molar-refractivity contribution is -0.142. The Labute approximate surface area is 193 Å². The van der Waals surface area contributed by atoms with Gasteiger partial charge in [0.15, 0.2) is 0 Å². The van der Waals surface area contributed by atoms with Gasteiger partial charge in [0.05, 0.1) is 13.2 Å². The van der Waals surface area contributed by atoms with Crippen LogP contribution < -0.4 is 15.0 Å². The molecular weight excluding hydrogens is 456 g/mol. The number of nitrogens with zero attached hydrogens (tertiary/aromatic N) is 5. The summed E-state index contributed by atoms with van der Waals surface area (Å²) < 4.78 is 50.4. The van der Waals surface area contributed by atoms with Crippen LogP contribution in [0.4, 0.5) is 24.9 Å². The van der Waals surface area contributed by atoms with Gasteiger partial charge in [-0.15, -0.1) is 0 Å². The van der Waals surface area contributed by atoms with Crippen LogP contribution in [0.15, 0.2) is 12.5 Å². The molecule has 0 bridgehead atoms. The molecule has 2 aliphatic heterocycles.